The predicted molar refractivity (Wildman–Crippen MR) is 79.6 cm³/mol. The predicted octanol–water partition coefficient (Wildman–Crippen LogP) is 3.87. The van der Waals surface area contributed by atoms with Crippen molar-refractivity contribution in [1.29, 1.82) is 0 Å². The van der Waals surface area contributed by atoms with Crippen molar-refractivity contribution in [2.75, 3.05) is 6.61 Å². The molecular formula is C17H24O3. The molecule has 0 heterocycles. The van der Waals surface area contributed by atoms with Crippen LogP contribution in [0.4, 0.5) is 0 Å². The van der Waals surface area contributed by atoms with Crippen molar-refractivity contribution in [3.63, 3.8) is 0 Å². The maximum absolute atomic E-state index is 12.6. The fourth-order valence-corrected chi connectivity index (χ4v) is 2.50. The highest BCUT2D eigenvalue weighted by atomic mass is 16.5. The van der Waals surface area contributed by atoms with Gasteiger partial charge in [-0.2, -0.15) is 0 Å². The number of ketones is 1. The lowest BCUT2D eigenvalue weighted by atomic mass is 9.81. The largest absolute Gasteiger partial charge is 0.465 e. The molecule has 0 saturated carbocycles. The van der Waals surface area contributed by atoms with E-state index in [1.807, 2.05) is 25.1 Å². The van der Waals surface area contributed by atoms with Gasteiger partial charge in [0, 0.05) is 5.56 Å². The molecule has 0 aliphatic heterocycles. The van der Waals surface area contributed by atoms with Gasteiger partial charge in [-0.25, -0.2) is 0 Å². The molecule has 0 N–H and O–H groups in total. The number of ether oxygens (including phenoxy) is 1. The molecule has 0 aliphatic rings. The van der Waals surface area contributed by atoms with Crippen molar-refractivity contribution < 1.29 is 14.3 Å². The maximum Gasteiger partial charge on any atom is 0.317 e. The lowest BCUT2D eigenvalue weighted by Gasteiger charge is -2.23. The summed E-state index contributed by atoms with van der Waals surface area (Å²) in [5, 5.41) is 0. The average molecular weight is 276 g/mol. The van der Waals surface area contributed by atoms with Gasteiger partial charge in [0.1, 0.15) is 5.92 Å². The molecule has 0 spiro atoms. The lowest BCUT2D eigenvalue weighted by Crippen LogP contribution is -2.33. The Morgan fingerprint density at radius 1 is 1.10 bits per heavy atom. The van der Waals surface area contributed by atoms with Crippen LogP contribution >= 0.6 is 0 Å². The highest BCUT2D eigenvalue weighted by Gasteiger charge is 2.34. The first kappa shape index (κ1) is 16.4. The lowest BCUT2D eigenvalue weighted by molar-refractivity contribution is -0.148. The number of carbonyl (C=O) groups is 2. The molecule has 3 heteroatoms. The van der Waals surface area contributed by atoms with E-state index in [1.54, 1.807) is 19.1 Å². The topological polar surface area (TPSA) is 43.4 Å². The number of Topliss-reactive ketones (excluding diaryl/α,β-unsaturated/α-hetero) is 1. The van der Waals surface area contributed by atoms with Gasteiger partial charge in [-0.3, -0.25) is 9.59 Å². The van der Waals surface area contributed by atoms with Gasteiger partial charge in [-0.05, 0) is 19.3 Å². The summed E-state index contributed by atoms with van der Waals surface area (Å²) in [6.07, 6.45) is 2.62. The van der Waals surface area contributed by atoms with Crippen LogP contribution in [0, 0.1) is 11.8 Å². The summed E-state index contributed by atoms with van der Waals surface area (Å²) in [5.41, 5.74) is 0.583. The summed E-state index contributed by atoms with van der Waals surface area (Å²) in [6.45, 7) is 6.16. The summed E-state index contributed by atoms with van der Waals surface area (Å²) < 4.78 is 5.12. The highest BCUT2D eigenvalue weighted by molar-refractivity contribution is 6.08. The van der Waals surface area contributed by atoms with Crippen LogP contribution in [0.15, 0.2) is 30.3 Å². The molecule has 1 aromatic carbocycles. The van der Waals surface area contributed by atoms with Gasteiger partial charge in [0.05, 0.1) is 6.61 Å². The first-order valence-electron chi connectivity index (χ1n) is 7.41. The van der Waals surface area contributed by atoms with Crippen LogP contribution in [-0.2, 0) is 9.53 Å². The minimum absolute atomic E-state index is 0.0479. The quantitative estimate of drug-likeness (QED) is 0.411. The summed E-state index contributed by atoms with van der Waals surface area (Å²) >= 11 is 0. The van der Waals surface area contributed by atoms with Crippen molar-refractivity contribution >= 4 is 11.8 Å². The summed E-state index contributed by atoms with van der Waals surface area (Å²) in [7, 11) is 0. The van der Waals surface area contributed by atoms with Crippen molar-refractivity contribution in [1.82, 2.24) is 0 Å². The van der Waals surface area contributed by atoms with E-state index in [1.165, 1.54) is 0 Å². The first-order chi connectivity index (χ1) is 9.65. The number of hydrogen-bond acceptors (Lipinski definition) is 3. The molecule has 0 bridgehead atoms. The van der Waals surface area contributed by atoms with Gasteiger partial charge in [0.15, 0.2) is 5.78 Å². The molecule has 0 fully saturated rings. The zero-order chi connectivity index (χ0) is 15.0. The van der Waals surface area contributed by atoms with E-state index in [0.29, 0.717) is 12.2 Å². The van der Waals surface area contributed by atoms with Crippen LogP contribution in [-0.4, -0.2) is 18.4 Å². The molecule has 20 heavy (non-hydrogen) atoms. The average Bonchev–Trinajstić information content (AvgIpc) is 2.47. The van der Waals surface area contributed by atoms with E-state index >= 15 is 0 Å². The zero-order valence-electron chi connectivity index (χ0n) is 12.6. The molecule has 110 valence electrons. The second-order valence-corrected chi connectivity index (χ2v) is 4.92. The standard InChI is InChI=1S/C17H24O3/c1-4-10-13(5-2)15(17(19)20-6-3)16(18)14-11-8-7-9-12-14/h7-9,11-13,15H,4-6,10H2,1-3H3. The number of carbonyl (C=O) groups excluding carboxylic acids is 2. The first-order valence-corrected chi connectivity index (χ1v) is 7.41. The fourth-order valence-electron chi connectivity index (χ4n) is 2.50. The third kappa shape index (κ3) is 4.19. The molecule has 0 aliphatic carbocycles. The monoisotopic (exact) mass is 276 g/mol. The van der Waals surface area contributed by atoms with Gasteiger partial charge in [0.25, 0.3) is 0 Å². The van der Waals surface area contributed by atoms with Gasteiger partial charge in [0.2, 0.25) is 0 Å². The molecule has 0 saturated heterocycles. The summed E-state index contributed by atoms with van der Waals surface area (Å²) in [4.78, 5) is 24.8. The molecule has 0 amide bonds. The Morgan fingerprint density at radius 2 is 1.75 bits per heavy atom. The van der Waals surface area contributed by atoms with Crippen LogP contribution in [0.1, 0.15) is 50.4 Å². The minimum Gasteiger partial charge on any atom is -0.465 e. The second kappa shape index (κ2) is 8.51. The molecule has 1 aromatic rings. The van der Waals surface area contributed by atoms with Crippen molar-refractivity contribution in [2.45, 2.75) is 40.0 Å². The molecule has 0 aromatic heterocycles. The van der Waals surface area contributed by atoms with Crippen molar-refractivity contribution in [3.8, 4) is 0 Å². The fraction of sp³-hybridized carbons (Fsp3) is 0.529. The molecule has 2 atom stereocenters. The number of rotatable bonds is 8. The molecular weight excluding hydrogens is 252 g/mol. The Kier molecular flexibility index (Phi) is 6.99. The third-order valence-electron chi connectivity index (χ3n) is 3.54. The maximum atomic E-state index is 12.6. The van der Waals surface area contributed by atoms with Crippen LogP contribution in [0.25, 0.3) is 0 Å². The van der Waals surface area contributed by atoms with Gasteiger partial charge in [-0.15, -0.1) is 0 Å². The Labute approximate surface area is 121 Å². The van der Waals surface area contributed by atoms with E-state index in [2.05, 4.69) is 6.92 Å². The van der Waals surface area contributed by atoms with E-state index in [4.69, 9.17) is 4.74 Å². The Hall–Kier alpha value is -1.64. The summed E-state index contributed by atoms with van der Waals surface area (Å²) in [6, 6.07) is 9.01. The van der Waals surface area contributed by atoms with Crippen LogP contribution in [0.3, 0.4) is 0 Å². The molecule has 1 rings (SSSR count). The molecule has 2 unspecified atom stereocenters. The zero-order valence-corrected chi connectivity index (χ0v) is 12.6. The Balaban J connectivity index is 3.03. The SMILES string of the molecule is CCCC(CC)C(C(=O)OCC)C(=O)c1ccccc1. The number of esters is 1. The Bertz CT molecular complexity index is 425. The van der Waals surface area contributed by atoms with Crippen molar-refractivity contribution in [2.24, 2.45) is 11.8 Å². The number of benzene rings is 1. The van der Waals surface area contributed by atoms with E-state index in [9.17, 15) is 9.59 Å². The third-order valence-corrected chi connectivity index (χ3v) is 3.54. The van der Waals surface area contributed by atoms with Crippen LogP contribution in [0.5, 0.6) is 0 Å². The minimum atomic E-state index is -0.678. The van der Waals surface area contributed by atoms with Gasteiger partial charge >= 0.3 is 5.97 Å². The molecule has 0 radical (unpaired) electrons. The number of hydrogen-bond donors (Lipinski definition) is 0. The van der Waals surface area contributed by atoms with E-state index in [-0.39, 0.29) is 17.7 Å². The van der Waals surface area contributed by atoms with Gasteiger partial charge in [-0.1, -0.05) is 57.0 Å². The van der Waals surface area contributed by atoms with Gasteiger partial charge < -0.3 is 4.74 Å². The smallest absolute Gasteiger partial charge is 0.317 e. The second-order valence-electron chi connectivity index (χ2n) is 4.92. The van der Waals surface area contributed by atoms with E-state index < -0.39 is 5.92 Å². The molecule has 3 nitrogen and oxygen atoms in total. The van der Waals surface area contributed by atoms with E-state index in [0.717, 1.165) is 19.3 Å². The van der Waals surface area contributed by atoms with Crippen LogP contribution < -0.4 is 0 Å². The Morgan fingerprint density at radius 3 is 2.25 bits per heavy atom. The van der Waals surface area contributed by atoms with Crippen LogP contribution in [0.2, 0.25) is 0 Å². The normalized spacial score (nSPS) is 13.6. The van der Waals surface area contributed by atoms with Crippen molar-refractivity contribution in [3.05, 3.63) is 35.9 Å². The summed E-state index contributed by atoms with van der Waals surface area (Å²) in [5.74, 6) is -1.14. The highest BCUT2D eigenvalue weighted by Crippen LogP contribution is 2.26.